The summed E-state index contributed by atoms with van der Waals surface area (Å²) < 4.78 is 0. The van der Waals surface area contributed by atoms with E-state index in [0.717, 1.165) is 122 Å². The van der Waals surface area contributed by atoms with Gasteiger partial charge in [0, 0.05) is 68.0 Å². The summed E-state index contributed by atoms with van der Waals surface area (Å²) in [6.45, 7) is 0. The Morgan fingerprint density at radius 3 is 0.840 bits per heavy atom. The standard InChI is InChI=1S/C48H32N2.C47H31N3/c1-3-9-33(10-4-1)35-15-17-37(18-16-35)41-27-28-47-45(30-41)44(31-48(50-47)40-25-21-36(22-26-40)34-11-5-2-6-12-34)39-23-19-38(20-24-39)43-29-42-13-7-8-14-46(42)49-32-43;1-3-9-32(10-4-1)34-15-17-36(18-16-34)38-23-26-46-43(28-38)42(29-47(50-46)37-21-19-35(20-22-37)33-11-5-2-6-12-33)40-24-25-45(48-30-40)41-27-39-13-7-8-14-44(39)49-31-41/h1-32H;1-31H. The number of nitrogens with zero attached hydrogens (tertiary/aromatic N) is 5. The van der Waals surface area contributed by atoms with Crippen molar-refractivity contribution in [2.45, 2.75) is 0 Å². The third-order valence-electron chi connectivity index (χ3n) is 18.9. The molecule has 0 aliphatic carbocycles. The van der Waals surface area contributed by atoms with E-state index in [-0.39, 0.29) is 0 Å². The van der Waals surface area contributed by atoms with Gasteiger partial charge in [-0.3, -0.25) is 15.0 Å². The number of hydrogen-bond donors (Lipinski definition) is 0. The molecule has 0 radical (unpaired) electrons. The first-order valence-electron chi connectivity index (χ1n) is 33.8. The van der Waals surface area contributed by atoms with Crippen LogP contribution in [-0.4, -0.2) is 24.9 Å². The predicted molar refractivity (Wildman–Crippen MR) is 417 cm³/mol. The van der Waals surface area contributed by atoms with E-state index in [2.05, 4.69) is 333 Å². The normalized spacial score (nSPS) is 11.2. The zero-order chi connectivity index (χ0) is 66.6. The molecule has 0 saturated carbocycles. The van der Waals surface area contributed by atoms with Gasteiger partial charge in [-0.15, -0.1) is 0 Å². The van der Waals surface area contributed by atoms with Gasteiger partial charge >= 0.3 is 0 Å². The molecular weight excluding hydrogens is 1210 g/mol. The van der Waals surface area contributed by atoms with E-state index in [1.165, 1.54) is 55.6 Å². The molecule has 0 spiro atoms. The molecule has 13 aromatic carbocycles. The highest BCUT2D eigenvalue weighted by molar-refractivity contribution is 6.01. The largest absolute Gasteiger partial charge is 0.256 e. The van der Waals surface area contributed by atoms with E-state index in [4.69, 9.17) is 19.9 Å². The second-order valence-corrected chi connectivity index (χ2v) is 25.2. The van der Waals surface area contributed by atoms with Crippen molar-refractivity contribution >= 4 is 43.6 Å². The van der Waals surface area contributed by atoms with Gasteiger partial charge < -0.3 is 0 Å². The van der Waals surface area contributed by atoms with Crippen LogP contribution in [0.2, 0.25) is 0 Å². The van der Waals surface area contributed by atoms with Crippen molar-refractivity contribution < 1.29 is 0 Å². The molecule has 100 heavy (non-hydrogen) atoms. The van der Waals surface area contributed by atoms with Gasteiger partial charge in [0.05, 0.1) is 39.1 Å². The quantitative estimate of drug-likeness (QED) is 0.122. The Kier molecular flexibility index (Phi) is 16.3. The molecule has 0 aliphatic rings. The lowest BCUT2D eigenvalue weighted by molar-refractivity contribution is 1.30. The molecule has 5 heteroatoms. The molecule has 18 rings (SSSR count). The molecule has 0 unspecified atom stereocenters. The van der Waals surface area contributed by atoms with E-state index >= 15 is 0 Å². The number of pyridine rings is 5. The van der Waals surface area contributed by atoms with Crippen molar-refractivity contribution in [3.8, 4) is 134 Å². The lowest BCUT2D eigenvalue weighted by atomic mass is 9.93. The minimum absolute atomic E-state index is 0.890. The predicted octanol–water partition coefficient (Wildman–Crippen LogP) is 25.0. The van der Waals surface area contributed by atoms with Crippen molar-refractivity contribution in [2.75, 3.05) is 0 Å². The van der Waals surface area contributed by atoms with Gasteiger partial charge in [-0.25, -0.2) is 9.97 Å². The van der Waals surface area contributed by atoms with Crippen LogP contribution in [0, 0.1) is 0 Å². The molecule has 0 N–H and O–H groups in total. The van der Waals surface area contributed by atoms with Crippen LogP contribution in [0.15, 0.2) is 383 Å². The first-order chi connectivity index (χ1) is 49.5. The van der Waals surface area contributed by atoms with Crippen molar-refractivity contribution in [1.82, 2.24) is 24.9 Å². The monoisotopic (exact) mass is 1270 g/mol. The summed E-state index contributed by atoms with van der Waals surface area (Å²) in [7, 11) is 0. The summed E-state index contributed by atoms with van der Waals surface area (Å²) in [5.74, 6) is 0. The third-order valence-corrected chi connectivity index (χ3v) is 18.9. The highest BCUT2D eigenvalue weighted by atomic mass is 14.7. The maximum Gasteiger partial charge on any atom is 0.0718 e. The molecule has 0 amide bonds. The first kappa shape index (κ1) is 60.3. The van der Waals surface area contributed by atoms with Crippen molar-refractivity contribution in [3.63, 3.8) is 0 Å². The van der Waals surface area contributed by atoms with Gasteiger partial charge in [0.2, 0.25) is 0 Å². The lowest BCUT2D eigenvalue weighted by Gasteiger charge is -2.14. The molecule has 5 aromatic heterocycles. The SMILES string of the molecule is c1ccc(-c2ccc(-c3ccc4nc(-c5ccc(-c6ccccc6)cc5)cc(-c5ccc(-c6cnc7ccccc7c6)cc5)c4c3)cc2)cc1.c1ccc(-c2ccc(-c3ccc4nc(-c5ccc(-c6ccccc6)cc5)cc(-c5ccc(-c6cnc7ccccc7c6)nc5)c4c3)cc2)cc1. The van der Waals surface area contributed by atoms with Gasteiger partial charge in [0.1, 0.15) is 0 Å². The second kappa shape index (κ2) is 27.0. The highest BCUT2D eigenvalue weighted by Crippen LogP contribution is 2.40. The van der Waals surface area contributed by atoms with Gasteiger partial charge in [-0.05, 0) is 156 Å². The molecule has 0 saturated heterocycles. The molecule has 0 atom stereocenters. The van der Waals surface area contributed by atoms with Crippen LogP contribution in [-0.2, 0) is 0 Å². The summed E-state index contributed by atoms with van der Waals surface area (Å²) >= 11 is 0. The summed E-state index contributed by atoms with van der Waals surface area (Å²) in [5, 5.41) is 4.45. The smallest absolute Gasteiger partial charge is 0.0718 e. The van der Waals surface area contributed by atoms with Crippen LogP contribution in [0.1, 0.15) is 0 Å². The Morgan fingerprint density at radius 2 is 0.440 bits per heavy atom. The van der Waals surface area contributed by atoms with Crippen LogP contribution in [0.25, 0.3) is 178 Å². The fourth-order valence-corrected chi connectivity index (χ4v) is 13.5. The molecule has 0 fully saturated rings. The number of benzene rings is 13. The third kappa shape index (κ3) is 12.6. The highest BCUT2D eigenvalue weighted by Gasteiger charge is 2.17. The molecule has 0 bridgehead atoms. The summed E-state index contributed by atoms with van der Waals surface area (Å²) in [4.78, 5) is 24.7. The fraction of sp³-hybridized carbons (Fsp3) is 0. The Balaban J connectivity index is 0.000000150. The van der Waals surface area contributed by atoms with E-state index in [1.807, 2.05) is 55.0 Å². The minimum Gasteiger partial charge on any atom is -0.256 e. The molecule has 5 nitrogen and oxygen atoms in total. The summed E-state index contributed by atoms with van der Waals surface area (Å²) in [6.07, 6.45) is 5.84. The molecular formula is C95H63N5. The fourth-order valence-electron chi connectivity index (χ4n) is 13.5. The minimum atomic E-state index is 0.890. The van der Waals surface area contributed by atoms with Crippen molar-refractivity contribution in [1.29, 1.82) is 0 Å². The first-order valence-corrected chi connectivity index (χ1v) is 33.8. The topological polar surface area (TPSA) is 64.5 Å². The Morgan fingerprint density at radius 1 is 0.150 bits per heavy atom. The number of aromatic nitrogens is 5. The molecule has 18 aromatic rings. The van der Waals surface area contributed by atoms with Crippen molar-refractivity contribution in [3.05, 3.63) is 383 Å². The van der Waals surface area contributed by atoms with E-state index in [0.29, 0.717) is 0 Å². The Labute approximate surface area is 581 Å². The van der Waals surface area contributed by atoms with E-state index in [9.17, 15) is 0 Å². The Bertz CT molecular complexity index is 5560. The molecule has 468 valence electrons. The maximum absolute atomic E-state index is 5.21. The summed E-state index contributed by atoms with van der Waals surface area (Å²) in [5.41, 5.74) is 30.8. The van der Waals surface area contributed by atoms with Crippen LogP contribution < -0.4 is 0 Å². The summed E-state index contributed by atoms with van der Waals surface area (Å²) in [6, 6.07) is 129. The van der Waals surface area contributed by atoms with Gasteiger partial charge in [-0.1, -0.05) is 297 Å². The van der Waals surface area contributed by atoms with Gasteiger partial charge in [0.25, 0.3) is 0 Å². The number of para-hydroxylation sites is 2. The average molecular weight is 1270 g/mol. The Hall–Kier alpha value is -13.4. The number of hydrogen-bond acceptors (Lipinski definition) is 5. The zero-order valence-corrected chi connectivity index (χ0v) is 54.6. The van der Waals surface area contributed by atoms with Gasteiger partial charge in [-0.2, -0.15) is 0 Å². The van der Waals surface area contributed by atoms with Crippen LogP contribution in [0.3, 0.4) is 0 Å². The van der Waals surface area contributed by atoms with Crippen LogP contribution in [0.4, 0.5) is 0 Å². The van der Waals surface area contributed by atoms with Crippen LogP contribution in [0.5, 0.6) is 0 Å². The second-order valence-electron chi connectivity index (χ2n) is 25.2. The van der Waals surface area contributed by atoms with Crippen molar-refractivity contribution in [2.24, 2.45) is 0 Å². The lowest BCUT2D eigenvalue weighted by Crippen LogP contribution is -1.92. The maximum atomic E-state index is 5.21. The van der Waals surface area contributed by atoms with E-state index < -0.39 is 0 Å². The van der Waals surface area contributed by atoms with E-state index in [1.54, 1.807) is 0 Å². The van der Waals surface area contributed by atoms with Crippen LogP contribution >= 0.6 is 0 Å². The average Bonchev–Trinajstić information content (AvgIpc) is 0.771. The molecule has 5 heterocycles. The van der Waals surface area contributed by atoms with Gasteiger partial charge in [0.15, 0.2) is 0 Å². The number of rotatable bonds is 12. The zero-order valence-electron chi connectivity index (χ0n) is 54.6. The molecule has 0 aliphatic heterocycles. The number of fused-ring (bicyclic) bond motifs is 4.